The summed E-state index contributed by atoms with van der Waals surface area (Å²) in [6, 6.07) is 13.7. The molecule has 3 rings (SSSR count). The van der Waals surface area contributed by atoms with Gasteiger partial charge >= 0.3 is 0 Å². The zero-order valence-electron chi connectivity index (χ0n) is 19.2. The van der Waals surface area contributed by atoms with Crippen molar-refractivity contribution < 1.29 is 4.74 Å². The molecule has 0 unspecified atom stereocenters. The van der Waals surface area contributed by atoms with Crippen LogP contribution in [0.15, 0.2) is 118 Å². The van der Waals surface area contributed by atoms with Crippen LogP contribution in [0.1, 0.15) is 16.3 Å². The average molecular weight is 486 g/mol. The van der Waals surface area contributed by atoms with Crippen LogP contribution in [0.3, 0.4) is 0 Å². The molecule has 2 heterocycles. The van der Waals surface area contributed by atoms with Crippen LogP contribution in [0, 0.1) is 11.3 Å². The highest BCUT2D eigenvalue weighted by Crippen LogP contribution is 2.28. The topological polar surface area (TPSA) is 96.8 Å². The number of ether oxygens (including phenoxy) is 1. The molecule has 1 aromatic carbocycles. The number of aromatic nitrogens is 2. The van der Waals surface area contributed by atoms with Crippen molar-refractivity contribution >= 4 is 11.3 Å². The fourth-order valence-corrected chi connectivity index (χ4v) is 3.23. The van der Waals surface area contributed by atoms with Crippen LogP contribution in [0.25, 0.3) is 11.1 Å². The number of hydrazine groups is 1. The maximum atomic E-state index is 9.53. The first-order valence-electron chi connectivity index (χ1n) is 10.2. The van der Waals surface area contributed by atoms with E-state index in [1.165, 1.54) is 11.3 Å². The lowest BCUT2D eigenvalue weighted by molar-refractivity contribution is 0.292. The van der Waals surface area contributed by atoms with Crippen LogP contribution >= 0.6 is 11.3 Å². The lowest BCUT2D eigenvalue weighted by Gasteiger charge is -2.09. The minimum absolute atomic E-state index is 0.259. The molecule has 3 aromatic rings. The second-order valence-corrected chi connectivity index (χ2v) is 7.21. The van der Waals surface area contributed by atoms with E-state index in [0.29, 0.717) is 18.0 Å². The number of rotatable bonds is 6. The van der Waals surface area contributed by atoms with Gasteiger partial charge in [0.15, 0.2) is 0 Å². The largest absolute Gasteiger partial charge is 0.469 e. The zero-order valence-corrected chi connectivity index (χ0v) is 20.0. The molecule has 0 saturated carbocycles. The number of benzene rings is 1. The number of hydrogen-bond acceptors (Lipinski definition) is 7. The molecule has 0 aliphatic rings. The van der Waals surface area contributed by atoms with Gasteiger partial charge in [-0.25, -0.2) is 9.97 Å². The van der Waals surface area contributed by atoms with E-state index in [-0.39, 0.29) is 6.61 Å². The van der Waals surface area contributed by atoms with Gasteiger partial charge in [-0.2, -0.15) is 5.26 Å². The molecular formula is C29H19N5OS. The van der Waals surface area contributed by atoms with Crippen molar-refractivity contribution in [3.63, 3.8) is 0 Å². The Kier molecular flexibility index (Phi) is 12.3. The Morgan fingerprint density at radius 2 is 1.58 bits per heavy atom. The van der Waals surface area contributed by atoms with Crippen molar-refractivity contribution in [2.45, 2.75) is 13.2 Å². The summed E-state index contributed by atoms with van der Waals surface area (Å²) in [5.74, 6) is 5.59. The van der Waals surface area contributed by atoms with Gasteiger partial charge < -0.3 is 4.74 Å². The first-order valence-corrected chi connectivity index (χ1v) is 11.1. The summed E-state index contributed by atoms with van der Waals surface area (Å²) in [5.41, 5.74) is 30.0. The molecule has 172 valence electrons. The van der Waals surface area contributed by atoms with Gasteiger partial charge in [0.25, 0.3) is 0 Å². The van der Waals surface area contributed by atoms with Gasteiger partial charge in [-0.05, 0) is 70.6 Å². The Hall–Kier alpha value is -5.25. The lowest BCUT2D eigenvalue weighted by atomic mass is 10.0. The predicted octanol–water partition coefficient (Wildman–Crippen LogP) is 4.97. The summed E-state index contributed by atoms with van der Waals surface area (Å²) >= 11 is 1.48. The molecule has 2 aromatic heterocycles. The number of nitrogens with one attached hydrogen (secondary N) is 1. The summed E-state index contributed by atoms with van der Waals surface area (Å²) in [6.07, 6.45) is 1.64. The molecule has 0 fully saturated rings. The van der Waals surface area contributed by atoms with E-state index in [9.17, 15) is 5.26 Å². The molecule has 0 spiro atoms. The van der Waals surface area contributed by atoms with E-state index in [1.54, 1.807) is 6.20 Å². The van der Waals surface area contributed by atoms with E-state index in [0.717, 1.165) is 21.8 Å². The smallest absolute Gasteiger partial charge is 0.232 e. The molecular weight excluding hydrogens is 466 g/mol. The zero-order chi connectivity index (χ0) is 25.8. The van der Waals surface area contributed by atoms with Gasteiger partial charge in [0.1, 0.15) is 23.2 Å². The third-order valence-electron chi connectivity index (χ3n) is 3.94. The van der Waals surface area contributed by atoms with E-state index in [4.69, 9.17) is 10.6 Å². The third kappa shape index (κ3) is 9.32. The van der Waals surface area contributed by atoms with Gasteiger partial charge in [-0.3, -0.25) is 11.3 Å². The first-order chi connectivity index (χ1) is 17.7. The number of nitrogens with two attached hydrogens (primary N) is 1. The van der Waals surface area contributed by atoms with Crippen molar-refractivity contribution in [2.75, 3.05) is 0 Å². The van der Waals surface area contributed by atoms with E-state index in [2.05, 4.69) is 91.9 Å². The summed E-state index contributed by atoms with van der Waals surface area (Å²) in [4.78, 5) is 8.59. The molecule has 7 heteroatoms. The molecule has 0 saturated heterocycles. The Morgan fingerprint density at radius 1 is 0.944 bits per heavy atom. The van der Waals surface area contributed by atoms with Gasteiger partial charge in [0, 0.05) is 17.1 Å². The highest BCUT2D eigenvalue weighted by atomic mass is 32.1. The molecule has 3 N–H and O–H groups in total. The Morgan fingerprint density at radius 3 is 2.17 bits per heavy atom. The fraction of sp³-hybridized carbons (Fsp3) is 0.0690. The van der Waals surface area contributed by atoms with E-state index in [1.807, 2.05) is 41.8 Å². The molecule has 0 amide bonds. The first kappa shape index (κ1) is 27.0. The highest BCUT2D eigenvalue weighted by Gasteiger charge is 2.13. The van der Waals surface area contributed by atoms with Crippen LogP contribution in [-0.2, 0) is 13.2 Å². The average Bonchev–Trinajstić information content (AvgIpc) is 3.37. The van der Waals surface area contributed by atoms with Crippen LogP contribution in [0.5, 0.6) is 5.88 Å². The molecule has 0 bridgehead atoms. The van der Waals surface area contributed by atoms with Crippen LogP contribution in [0.4, 0.5) is 0 Å². The minimum Gasteiger partial charge on any atom is -0.469 e. The van der Waals surface area contributed by atoms with Gasteiger partial charge in [-0.15, -0.1) is 11.3 Å². The molecule has 36 heavy (non-hydrogen) atoms. The number of nitrogens with zero attached hydrogens (tertiary/aromatic N) is 3. The fourth-order valence-electron chi connectivity index (χ4n) is 2.53. The third-order valence-corrected chi connectivity index (χ3v) is 4.81. The lowest BCUT2D eigenvalue weighted by Crippen LogP contribution is -2.21. The quantitative estimate of drug-likeness (QED) is 0.291. The van der Waals surface area contributed by atoms with Gasteiger partial charge in [-0.1, -0.05) is 41.8 Å². The number of nitriles is 1. The van der Waals surface area contributed by atoms with Crippen LogP contribution < -0.4 is 16.0 Å². The van der Waals surface area contributed by atoms with Crippen molar-refractivity contribution in [3.8, 4) is 23.1 Å². The predicted molar refractivity (Wildman–Crippen MR) is 138 cm³/mol. The molecule has 6 nitrogen and oxygen atoms in total. The second-order valence-electron chi connectivity index (χ2n) is 6.27. The monoisotopic (exact) mass is 485 g/mol. The molecule has 0 atom stereocenters. The summed E-state index contributed by atoms with van der Waals surface area (Å²) in [6.45, 7) is 7.32. The van der Waals surface area contributed by atoms with E-state index < -0.39 is 0 Å². The van der Waals surface area contributed by atoms with E-state index >= 15 is 0 Å². The SMILES string of the molecule is C=C=C=C=C=C=C=C=C=C=C=C.N#Cc1c(-c2ccccc2)ccnc1OCc1nc(CNN)cs1. The van der Waals surface area contributed by atoms with Crippen molar-refractivity contribution in [1.29, 1.82) is 5.26 Å². The van der Waals surface area contributed by atoms with Crippen LogP contribution in [0.2, 0.25) is 0 Å². The summed E-state index contributed by atoms with van der Waals surface area (Å²) in [7, 11) is 0. The number of hydrogen-bond donors (Lipinski definition) is 2. The maximum absolute atomic E-state index is 9.53. The van der Waals surface area contributed by atoms with Gasteiger partial charge in [0.05, 0.1) is 12.2 Å². The molecule has 0 aliphatic heterocycles. The second kappa shape index (κ2) is 16.4. The Bertz CT molecular complexity index is 1550. The Balaban J connectivity index is 0.000000324. The number of pyridine rings is 1. The minimum atomic E-state index is 0.259. The van der Waals surface area contributed by atoms with Crippen molar-refractivity contribution in [2.24, 2.45) is 5.84 Å². The normalized spacial score (nSPS) is 8.11. The van der Waals surface area contributed by atoms with Gasteiger partial charge in [0.2, 0.25) is 5.88 Å². The van der Waals surface area contributed by atoms with Crippen LogP contribution in [-0.4, -0.2) is 9.97 Å². The standard InChI is InChI=1S/C17H15N5OS.C12H4/c18-8-15-14(12-4-2-1-3-5-12)6-7-20-17(15)23-10-16-22-13(9-21-19)11-24-16;1-3-5-7-9-11-12-10-8-6-4-2/h1-7,11,21H,9-10,19H2;1-2H2. The highest BCUT2D eigenvalue weighted by molar-refractivity contribution is 7.09. The number of thiazole rings is 1. The molecule has 0 aliphatic carbocycles. The summed E-state index contributed by atoms with van der Waals surface area (Å²) in [5, 5.41) is 12.2. The van der Waals surface area contributed by atoms with Crippen molar-refractivity contribution in [3.05, 3.63) is 135 Å². The molecule has 0 radical (unpaired) electrons. The summed E-state index contributed by atoms with van der Waals surface area (Å²) < 4.78 is 5.73. The maximum Gasteiger partial charge on any atom is 0.232 e. The van der Waals surface area contributed by atoms with Crippen molar-refractivity contribution in [1.82, 2.24) is 15.4 Å². The Labute approximate surface area is 213 Å².